The summed E-state index contributed by atoms with van der Waals surface area (Å²) in [6, 6.07) is 6.77. The van der Waals surface area contributed by atoms with Gasteiger partial charge in [0.2, 0.25) is 0 Å². The van der Waals surface area contributed by atoms with Gasteiger partial charge in [0.05, 0.1) is 0 Å². The lowest BCUT2D eigenvalue weighted by atomic mass is 9.82. The Bertz CT molecular complexity index is 350. The van der Waals surface area contributed by atoms with Gasteiger partial charge in [-0.3, -0.25) is 0 Å². The zero-order chi connectivity index (χ0) is 8.89. The van der Waals surface area contributed by atoms with E-state index in [-0.39, 0.29) is 0 Å². The molecular formula is C12H13Br. The highest BCUT2D eigenvalue weighted by Gasteiger charge is 2.44. The Kier molecular flexibility index (Phi) is 1.61. The van der Waals surface area contributed by atoms with Crippen LogP contribution < -0.4 is 0 Å². The predicted molar refractivity (Wildman–Crippen MR) is 57.8 cm³/mol. The number of benzene rings is 1. The molecular weight excluding hydrogens is 224 g/mol. The Morgan fingerprint density at radius 2 is 1.92 bits per heavy atom. The van der Waals surface area contributed by atoms with Crippen LogP contribution in [-0.4, -0.2) is 0 Å². The maximum atomic E-state index is 3.55. The van der Waals surface area contributed by atoms with Crippen molar-refractivity contribution in [2.75, 3.05) is 0 Å². The van der Waals surface area contributed by atoms with Crippen molar-refractivity contribution in [1.29, 1.82) is 0 Å². The molecule has 0 heterocycles. The fraction of sp³-hybridized carbons (Fsp3) is 0.500. The minimum atomic E-state index is 0.744. The van der Waals surface area contributed by atoms with E-state index in [1.165, 1.54) is 36.6 Å². The predicted octanol–water partition coefficient (Wildman–Crippen LogP) is 3.72. The first kappa shape index (κ1) is 8.05. The molecule has 0 amide bonds. The molecule has 68 valence electrons. The molecule has 2 aliphatic rings. The van der Waals surface area contributed by atoms with E-state index >= 15 is 0 Å². The van der Waals surface area contributed by atoms with Crippen LogP contribution in [0.5, 0.6) is 0 Å². The Balaban J connectivity index is 2.02. The summed E-state index contributed by atoms with van der Waals surface area (Å²) in [5.41, 5.74) is 3.92. The highest BCUT2D eigenvalue weighted by atomic mass is 79.9. The van der Waals surface area contributed by atoms with Crippen molar-refractivity contribution in [3.63, 3.8) is 0 Å². The lowest BCUT2D eigenvalue weighted by Gasteiger charge is -2.24. The highest BCUT2D eigenvalue weighted by Crippen LogP contribution is 2.54. The van der Waals surface area contributed by atoms with E-state index in [1.54, 1.807) is 11.1 Å². The molecule has 13 heavy (non-hydrogen) atoms. The standard InChI is InChI=1S/C12H13Br/c13-11-2-1-9-3-4-12(5-6-12)8-10(9)7-11/h1-2,7H,3-6,8H2. The van der Waals surface area contributed by atoms with Crippen LogP contribution in [0.15, 0.2) is 22.7 Å². The van der Waals surface area contributed by atoms with E-state index in [2.05, 4.69) is 34.1 Å². The quantitative estimate of drug-likeness (QED) is 0.645. The fourth-order valence-electron chi connectivity index (χ4n) is 2.50. The average Bonchev–Trinajstić information content (AvgIpc) is 2.84. The third kappa shape index (κ3) is 1.34. The van der Waals surface area contributed by atoms with Gasteiger partial charge in [-0.15, -0.1) is 0 Å². The van der Waals surface area contributed by atoms with Crippen molar-refractivity contribution in [2.24, 2.45) is 5.41 Å². The van der Waals surface area contributed by atoms with Crippen molar-refractivity contribution < 1.29 is 0 Å². The Labute approximate surface area is 87.5 Å². The summed E-state index contributed by atoms with van der Waals surface area (Å²) >= 11 is 3.55. The molecule has 0 atom stereocenters. The summed E-state index contributed by atoms with van der Waals surface area (Å²) in [5.74, 6) is 0. The first-order valence-electron chi connectivity index (χ1n) is 5.05. The minimum absolute atomic E-state index is 0.744. The van der Waals surface area contributed by atoms with Gasteiger partial charge in [-0.2, -0.15) is 0 Å². The van der Waals surface area contributed by atoms with Crippen molar-refractivity contribution in [1.82, 2.24) is 0 Å². The first-order chi connectivity index (χ1) is 6.27. The monoisotopic (exact) mass is 236 g/mol. The molecule has 0 aromatic heterocycles. The van der Waals surface area contributed by atoms with Crippen LogP contribution in [0.4, 0.5) is 0 Å². The smallest absolute Gasteiger partial charge is 0.0178 e. The summed E-state index contributed by atoms with van der Waals surface area (Å²) in [7, 11) is 0. The van der Waals surface area contributed by atoms with E-state index in [1.807, 2.05) is 0 Å². The van der Waals surface area contributed by atoms with E-state index in [0.29, 0.717) is 0 Å². The maximum absolute atomic E-state index is 3.55. The van der Waals surface area contributed by atoms with Crippen LogP contribution >= 0.6 is 15.9 Å². The van der Waals surface area contributed by atoms with E-state index in [4.69, 9.17) is 0 Å². The highest BCUT2D eigenvalue weighted by molar-refractivity contribution is 9.10. The first-order valence-corrected chi connectivity index (χ1v) is 5.84. The number of rotatable bonds is 0. The summed E-state index contributed by atoms with van der Waals surface area (Å²) in [6.07, 6.45) is 7.02. The number of fused-ring (bicyclic) bond motifs is 1. The van der Waals surface area contributed by atoms with E-state index < -0.39 is 0 Å². The summed E-state index contributed by atoms with van der Waals surface area (Å²) in [5, 5.41) is 0. The van der Waals surface area contributed by atoms with E-state index in [0.717, 1.165) is 5.41 Å². The van der Waals surface area contributed by atoms with Crippen LogP contribution in [0.1, 0.15) is 30.4 Å². The molecule has 0 saturated heterocycles. The van der Waals surface area contributed by atoms with Gasteiger partial charge in [0.25, 0.3) is 0 Å². The molecule has 0 aliphatic heterocycles. The molecule has 0 unspecified atom stereocenters. The van der Waals surface area contributed by atoms with Gasteiger partial charge in [-0.05, 0) is 60.8 Å². The van der Waals surface area contributed by atoms with Gasteiger partial charge in [-0.25, -0.2) is 0 Å². The second-order valence-electron chi connectivity index (χ2n) is 4.59. The van der Waals surface area contributed by atoms with Gasteiger partial charge >= 0.3 is 0 Å². The van der Waals surface area contributed by atoms with Crippen LogP contribution in [0, 0.1) is 5.41 Å². The second kappa shape index (κ2) is 2.60. The molecule has 1 fully saturated rings. The van der Waals surface area contributed by atoms with Gasteiger partial charge in [-0.1, -0.05) is 22.0 Å². The van der Waals surface area contributed by atoms with Gasteiger partial charge < -0.3 is 0 Å². The van der Waals surface area contributed by atoms with Crippen molar-refractivity contribution >= 4 is 15.9 Å². The maximum Gasteiger partial charge on any atom is 0.0178 e. The Hall–Kier alpha value is -0.300. The molecule has 2 aliphatic carbocycles. The molecule has 1 spiro atoms. The summed E-state index contributed by atoms with van der Waals surface area (Å²) < 4.78 is 1.24. The minimum Gasteiger partial charge on any atom is -0.0576 e. The van der Waals surface area contributed by atoms with Crippen LogP contribution in [-0.2, 0) is 12.8 Å². The molecule has 0 radical (unpaired) electrons. The van der Waals surface area contributed by atoms with E-state index in [9.17, 15) is 0 Å². The zero-order valence-corrected chi connectivity index (χ0v) is 9.23. The third-order valence-corrected chi connectivity index (χ3v) is 4.11. The molecule has 0 N–H and O–H groups in total. The third-order valence-electron chi connectivity index (χ3n) is 3.62. The van der Waals surface area contributed by atoms with Crippen molar-refractivity contribution in [2.45, 2.75) is 32.1 Å². The Morgan fingerprint density at radius 1 is 1.08 bits per heavy atom. The average molecular weight is 237 g/mol. The lowest BCUT2D eigenvalue weighted by Crippen LogP contribution is -2.14. The molecule has 0 bridgehead atoms. The van der Waals surface area contributed by atoms with Crippen LogP contribution in [0.2, 0.25) is 0 Å². The van der Waals surface area contributed by atoms with Crippen molar-refractivity contribution in [3.8, 4) is 0 Å². The van der Waals surface area contributed by atoms with Gasteiger partial charge in [0, 0.05) is 4.47 Å². The zero-order valence-electron chi connectivity index (χ0n) is 7.65. The molecule has 1 heteroatoms. The molecule has 1 aromatic carbocycles. The number of aryl methyl sites for hydroxylation is 1. The van der Waals surface area contributed by atoms with Crippen LogP contribution in [0.25, 0.3) is 0 Å². The van der Waals surface area contributed by atoms with Gasteiger partial charge in [0.15, 0.2) is 0 Å². The number of halogens is 1. The SMILES string of the molecule is Brc1ccc2c(c1)CC1(CC2)CC1. The lowest BCUT2D eigenvalue weighted by molar-refractivity contribution is 0.438. The Morgan fingerprint density at radius 3 is 2.69 bits per heavy atom. The van der Waals surface area contributed by atoms with Crippen molar-refractivity contribution in [3.05, 3.63) is 33.8 Å². The molecule has 3 rings (SSSR count). The topological polar surface area (TPSA) is 0 Å². The molecule has 0 nitrogen and oxygen atoms in total. The molecule has 1 saturated carbocycles. The second-order valence-corrected chi connectivity index (χ2v) is 5.51. The normalized spacial score (nSPS) is 22.8. The largest absolute Gasteiger partial charge is 0.0576 e. The number of hydrogen-bond donors (Lipinski definition) is 0. The number of hydrogen-bond acceptors (Lipinski definition) is 0. The summed E-state index contributed by atoms with van der Waals surface area (Å²) in [4.78, 5) is 0. The molecule has 1 aromatic rings. The summed E-state index contributed by atoms with van der Waals surface area (Å²) in [6.45, 7) is 0. The van der Waals surface area contributed by atoms with Gasteiger partial charge in [0.1, 0.15) is 0 Å². The fourth-order valence-corrected chi connectivity index (χ4v) is 2.91. The van der Waals surface area contributed by atoms with Crippen LogP contribution in [0.3, 0.4) is 0 Å².